The maximum Gasteiger partial charge on any atom is 0.191 e. The smallest absolute Gasteiger partial charge is 0.191 e. The van der Waals surface area contributed by atoms with E-state index in [4.69, 9.17) is 11.5 Å². The van der Waals surface area contributed by atoms with Crippen molar-refractivity contribution in [3.05, 3.63) is 6.07 Å². The zero-order valence-corrected chi connectivity index (χ0v) is 8.76. The first-order valence-electron chi connectivity index (χ1n) is 4.81. The average molecular weight is 210 g/mol. The van der Waals surface area contributed by atoms with Gasteiger partial charge in [0.1, 0.15) is 11.6 Å². The van der Waals surface area contributed by atoms with Gasteiger partial charge in [0.2, 0.25) is 0 Å². The predicted molar refractivity (Wildman–Crippen MR) is 59.0 cm³/mol. The molecule has 1 aromatic heterocycles. The maximum atomic E-state index is 5.59. The van der Waals surface area contributed by atoms with Gasteiger partial charge in [-0.15, -0.1) is 0 Å². The third-order valence-electron chi connectivity index (χ3n) is 2.32. The lowest BCUT2D eigenvalue weighted by molar-refractivity contribution is 0.886. The molecule has 0 radical (unpaired) electrons. The molecule has 2 rings (SSSR count). The average Bonchev–Trinajstić information content (AvgIpc) is 2.54. The van der Waals surface area contributed by atoms with Crippen molar-refractivity contribution < 1.29 is 0 Å². The second kappa shape index (κ2) is 4.04. The van der Waals surface area contributed by atoms with Crippen LogP contribution in [0, 0.1) is 0 Å². The lowest BCUT2D eigenvalue weighted by atomic mass is 10.4. The van der Waals surface area contributed by atoms with Crippen molar-refractivity contribution in [2.24, 2.45) is 0 Å². The summed E-state index contributed by atoms with van der Waals surface area (Å²) in [5.74, 6) is 0.913. The number of hydrogen-bond donors (Lipinski definition) is 2. The highest BCUT2D eigenvalue weighted by atomic mass is 32.2. The van der Waals surface area contributed by atoms with Crippen LogP contribution in [-0.4, -0.2) is 15.2 Å². The molecule has 0 aromatic carbocycles. The van der Waals surface area contributed by atoms with E-state index in [1.807, 2.05) is 0 Å². The number of nitrogens with two attached hydrogens (primary N) is 2. The summed E-state index contributed by atoms with van der Waals surface area (Å²) in [6, 6.07) is 1.58. The van der Waals surface area contributed by atoms with Gasteiger partial charge in [0, 0.05) is 11.3 Å². The number of aromatic nitrogens is 2. The normalized spacial score (nSPS) is 17.4. The lowest BCUT2D eigenvalue weighted by Gasteiger charge is -2.07. The number of anilines is 2. The van der Waals surface area contributed by atoms with Gasteiger partial charge >= 0.3 is 0 Å². The molecular formula is C9H14N4S. The van der Waals surface area contributed by atoms with Gasteiger partial charge < -0.3 is 11.5 Å². The van der Waals surface area contributed by atoms with Crippen LogP contribution in [0.5, 0.6) is 0 Å². The Hall–Kier alpha value is -0.970. The molecule has 5 heteroatoms. The minimum Gasteiger partial charge on any atom is -0.383 e. The van der Waals surface area contributed by atoms with Crippen molar-refractivity contribution in [2.75, 3.05) is 11.5 Å². The molecule has 1 aromatic rings. The van der Waals surface area contributed by atoms with Gasteiger partial charge in [-0.3, -0.25) is 0 Å². The molecule has 1 heterocycles. The molecule has 0 aliphatic heterocycles. The van der Waals surface area contributed by atoms with Gasteiger partial charge in [-0.05, 0) is 12.8 Å². The maximum absolute atomic E-state index is 5.59. The Morgan fingerprint density at radius 1 is 1.14 bits per heavy atom. The van der Waals surface area contributed by atoms with E-state index in [1.165, 1.54) is 25.7 Å². The molecule has 0 spiro atoms. The van der Waals surface area contributed by atoms with E-state index in [9.17, 15) is 0 Å². The molecule has 1 saturated carbocycles. The minimum absolute atomic E-state index is 0.456. The molecule has 1 aliphatic rings. The molecule has 4 nitrogen and oxygen atoms in total. The summed E-state index contributed by atoms with van der Waals surface area (Å²) in [7, 11) is 0. The van der Waals surface area contributed by atoms with Crippen molar-refractivity contribution in [3.8, 4) is 0 Å². The van der Waals surface area contributed by atoms with Crippen molar-refractivity contribution in [2.45, 2.75) is 36.1 Å². The minimum atomic E-state index is 0.456. The van der Waals surface area contributed by atoms with Crippen molar-refractivity contribution in [1.82, 2.24) is 9.97 Å². The summed E-state index contributed by atoms with van der Waals surface area (Å²) in [5, 5.41) is 1.37. The quantitative estimate of drug-likeness (QED) is 0.726. The van der Waals surface area contributed by atoms with E-state index in [1.54, 1.807) is 17.8 Å². The molecule has 76 valence electrons. The first kappa shape index (κ1) is 9.58. The fourth-order valence-corrected chi connectivity index (χ4v) is 2.85. The standard InChI is InChI=1S/C9H14N4S/c10-7-5-8(11)13-9(12-7)14-6-3-1-2-4-6/h5-6H,1-4H2,(H4,10,11,12,13). The molecule has 0 amide bonds. The highest BCUT2D eigenvalue weighted by Crippen LogP contribution is 2.33. The monoisotopic (exact) mass is 210 g/mol. The number of nitrogens with zero attached hydrogens (tertiary/aromatic N) is 2. The van der Waals surface area contributed by atoms with Crippen molar-refractivity contribution in [3.63, 3.8) is 0 Å². The van der Waals surface area contributed by atoms with E-state index < -0.39 is 0 Å². The summed E-state index contributed by atoms with van der Waals surface area (Å²) in [4.78, 5) is 8.29. The number of rotatable bonds is 2. The molecule has 0 saturated heterocycles. The van der Waals surface area contributed by atoms with Crippen LogP contribution in [0.2, 0.25) is 0 Å². The molecule has 1 fully saturated rings. The highest BCUT2D eigenvalue weighted by Gasteiger charge is 2.17. The summed E-state index contributed by atoms with van der Waals surface area (Å²) in [6.45, 7) is 0. The Morgan fingerprint density at radius 3 is 2.29 bits per heavy atom. The van der Waals surface area contributed by atoms with E-state index >= 15 is 0 Å². The third-order valence-corrected chi connectivity index (χ3v) is 3.52. The van der Waals surface area contributed by atoms with Crippen molar-refractivity contribution in [1.29, 1.82) is 0 Å². The van der Waals surface area contributed by atoms with Crippen LogP contribution < -0.4 is 11.5 Å². The van der Waals surface area contributed by atoms with E-state index in [-0.39, 0.29) is 0 Å². The Labute approximate surface area is 87.5 Å². The fraction of sp³-hybridized carbons (Fsp3) is 0.556. The molecule has 1 aliphatic carbocycles. The number of hydrogen-bond acceptors (Lipinski definition) is 5. The second-order valence-electron chi connectivity index (χ2n) is 3.52. The Balaban J connectivity index is 2.07. The van der Waals surface area contributed by atoms with Gasteiger partial charge in [0.25, 0.3) is 0 Å². The summed E-state index contributed by atoms with van der Waals surface area (Å²) in [5.41, 5.74) is 11.2. The van der Waals surface area contributed by atoms with Crippen LogP contribution >= 0.6 is 11.8 Å². The lowest BCUT2D eigenvalue weighted by Crippen LogP contribution is -2.02. The zero-order chi connectivity index (χ0) is 9.97. The molecule has 14 heavy (non-hydrogen) atoms. The predicted octanol–water partition coefficient (Wildman–Crippen LogP) is 1.68. The first-order chi connectivity index (χ1) is 6.74. The van der Waals surface area contributed by atoms with Gasteiger partial charge in [-0.25, -0.2) is 9.97 Å². The first-order valence-corrected chi connectivity index (χ1v) is 5.69. The van der Waals surface area contributed by atoms with E-state index in [0.29, 0.717) is 16.9 Å². The highest BCUT2D eigenvalue weighted by molar-refractivity contribution is 7.99. The second-order valence-corrected chi connectivity index (χ2v) is 4.79. The fourth-order valence-electron chi connectivity index (χ4n) is 1.67. The molecule has 0 atom stereocenters. The van der Waals surface area contributed by atoms with Crippen LogP contribution in [0.25, 0.3) is 0 Å². The SMILES string of the molecule is Nc1cc(N)nc(SC2CCCC2)n1. The Bertz CT molecular complexity index is 302. The summed E-state index contributed by atoms with van der Waals surface area (Å²) in [6.07, 6.45) is 5.14. The van der Waals surface area contributed by atoms with Gasteiger partial charge in [0.15, 0.2) is 5.16 Å². The van der Waals surface area contributed by atoms with Gasteiger partial charge in [-0.2, -0.15) is 0 Å². The van der Waals surface area contributed by atoms with Crippen LogP contribution in [-0.2, 0) is 0 Å². The third kappa shape index (κ3) is 2.29. The summed E-state index contributed by atoms with van der Waals surface area (Å²) < 4.78 is 0. The molecule has 0 bridgehead atoms. The molecule has 4 N–H and O–H groups in total. The topological polar surface area (TPSA) is 77.8 Å². The van der Waals surface area contributed by atoms with Crippen LogP contribution in [0.15, 0.2) is 11.2 Å². The van der Waals surface area contributed by atoms with Gasteiger partial charge in [0.05, 0.1) is 0 Å². The van der Waals surface area contributed by atoms with E-state index in [0.717, 1.165) is 5.16 Å². The summed E-state index contributed by atoms with van der Waals surface area (Å²) >= 11 is 1.70. The number of thioether (sulfide) groups is 1. The Kier molecular flexibility index (Phi) is 2.77. The van der Waals surface area contributed by atoms with Crippen LogP contribution in [0.4, 0.5) is 11.6 Å². The van der Waals surface area contributed by atoms with Crippen molar-refractivity contribution >= 4 is 23.4 Å². The zero-order valence-electron chi connectivity index (χ0n) is 7.94. The largest absolute Gasteiger partial charge is 0.383 e. The van der Waals surface area contributed by atoms with Crippen LogP contribution in [0.3, 0.4) is 0 Å². The number of nitrogen functional groups attached to an aromatic ring is 2. The van der Waals surface area contributed by atoms with E-state index in [2.05, 4.69) is 9.97 Å². The Morgan fingerprint density at radius 2 is 1.71 bits per heavy atom. The van der Waals surface area contributed by atoms with Gasteiger partial charge in [-0.1, -0.05) is 24.6 Å². The molecular weight excluding hydrogens is 196 g/mol. The molecule has 0 unspecified atom stereocenters. The van der Waals surface area contributed by atoms with Crippen LogP contribution in [0.1, 0.15) is 25.7 Å².